The Hall–Kier alpha value is 0.0100. The van der Waals surface area contributed by atoms with Gasteiger partial charge in [-0.2, -0.15) is 11.8 Å². The summed E-state index contributed by atoms with van der Waals surface area (Å²) in [6.07, 6.45) is 2.13. The summed E-state index contributed by atoms with van der Waals surface area (Å²) in [5.41, 5.74) is 6.57. The minimum absolute atomic E-state index is 0.594. The molecule has 12 heavy (non-hydrogen) atoms. The van der Waals surface area contributed by atoms with Crippen molar-refractivity contribution in [3.63, 3.8) is 0 Å². The number of nitrogens with two attached hydrogens (primary N) is 1. The van der Waals surface area contributed by atoms with Gasteiger partial charge in [0, 0.05) is 24.9 Å². The van der Waals surface area contributed by atoms with E-state index in [1.807, 2.05) is 11.8 Å². The van der Waals surface area contributed by atoms with Gasteiger partial charge in [-0.1, -0.05) is 6.58 Å². The van der Waals surface area contributed by atoms with Crippen LogP contribution in [0, 0.1) is 0 Å². The minimum Gasteiger partial charge on any atom is -0.327 e. The van der Waals surface area contributed by atoms with Crippen LogP contribution in [-0.4, -0.2) is 43.1 Å². The number of hydrogen-bond donors (Lipinski definition) is 1. The van der Waals surface area contributed by atoms with Gasteiger partial charge in [-0.3, -0.25) is 4.90 Å². The molecule has 1 unspecified atom stereocenters. The molecule has 1 atom stereocenters. The second kappa shape index (κ2) is 6.52. The Labute approximate surface area is 80.2 Å². The van der Waals surface area contributed by atoms with Gasteiger partial charge < -0.3 is 5.73 Å². The monoisotopic (exact) mass is 188 g/mol. The van der Waals surface area contributed by atoms with Crippen molar-refractivity contribution in [1.29, 1.82) is 0 Å². The molecule has 0 radical (unpaired) electrons. The smallest absolute Gasteiger partial charge is 0.0202 e. The Bertz CT molecular complexity index is 136. The average Bonchev–Trinajstić information content (AvgIpc) is 2.04. The molecule has 2 nitrogen and oxygen atoms in total. The van der Waals surface area contributed by atoms with Crippen LogP contribution in [0.1, 0.15) is 6.92 Å². The fraction of sp³-hybridized carbons (Fsp3) is 0.778. The number of likely N-dealkylation sites (N-methyl/N-ethyl adjacent to an activating group) is 1. The largest absolute Gasteiger partial charge is 0.327 e. The first kappa shape index (κ1) is 12.0. The van der Waals surface area contributed by atoms with E-state index in [0.29, 0.717) is 12.6 Å². The molecule has 2 N–H and O–H groups in total. The molecule has 0 saturated carbocycles. The third-order valence-corrected chi connectivity index (χ3v) is 2.74. The first-order chi connectivity index (χ1) is 5.61. The van der Waals surface area contributed by atoms with Crippen LogP contribution >= 0.6 is 11.8 Å². The van der Waals surface area contributed by atoms with Crippen molar-refractivity contribution in [1.82, 2.24) is 4.90 Å². The van der Waals surface area contributed by atoms with E-state index in [0.717, 1.165) is 17.9 Å². The summed E-state index contributed by atoms with van der Waals surface area (Å²) in [5.74, 6) is 1.16. The number of nitrogens with zero attached hydrogens (tertiary/aromatic N) is 1. The molecule has 0 aliphatic heterocycles. The molecule has 0 aliphatic rings. The molecule has 0 aromatic carbocycles. The molecule has 0 aromatic rings. The summed E-state index contributed by atoms with van der Waals surface area (Å²) in [4.78, 5) is 2.28. The van der Waals surface area contributed by atoms with E-state index in [4.69, 9.17) is 5.73 Å². The van der Waals surface area contributed by atoms with E-state index in [-0.39, 0.29) is 0 Å². The Kier molecular flexibility index (Phi) is 6.52. The second-order valence-corrected chi connectivity index (χ2v) is 4.08. The van der Waals surface area contributed by atoms with Crippen molar-refractivity contribution in [2.24, 2.45) is 5.73 Å². The standard InChI is InChI=1S/C9H20N2S/c1-8(5-10)6-11(3)9(2)7-12-4/h9H,1,5-7,10H2,2-4H3. The number of hydrogen-bond acceptors (Lipinski definition) is 3. The average molecular weight is 188 g/mol. The lowest BCUT2D eigenvalue weighted by Crippen LogP contribution is -2.33. The lowest BCUT2D eigenvalue weighted by atomic mass is 10.2. The van der Waals surface area contributed by atoms with Crippen molar-refractivity contribution in [3.05, 3.63) is 12.2 Å². The highest BCUT2D eigenvalue weighted by molar-refractivity contribution is 7.98. The van der Waals surface area contributed by atoms with Crippen molar-refractivity contribution in [3.8, 4) is 0 Å². The first-order valence-corrected chi connectivity index (χ1v) is 5.57. The van der Waals surface area contributed by atoms with Crippen LogP contribution < -0.4 is 5.73 Å². The van der Waals surface area contributed by atoms with Crippen LogP contribution in [0.3, 0.4) is 0 Å². The molecular formula is C9H20N2S. The van der Waals surface area contributed by atoms with Gasteiger partial charge in [-0.05, 0) is 25.8 Å². The fourth-order valence-corrected chi connectivity index (χ4v) is 1.68. The summed E-state index contributed by atoms with van der Waals surface area (Å²) in [5, 5.41) is 0. The molecule has 0 rings (SSSR count). The van der Waals surface area contributed by atoms with Crippen LogP contribution in [0.4, 0.5) is 0 Å². The quantitative estimate of drug-likeness (QED) is 0.635. The Balaban J connectivity index is 3.69. The predicted molar refractivity (Wildman–Crippen MR) is 58.7 cm³/mol. The molecule has 0 saturated heterocycles. The number of thioether (sulfide) groups is 1. The van der Waals surface area contributed by atoms with E-state index in [1.165, 1.54) is 0 Å². The lowest BCUT2D eigenvalue weighted by molar-refractivity contribution is 0.300. The Morgan fingerprint density at radius 3 is 2.67 bits per heavy atom. The third-order valence-electron chi connectivity index (χ3n) is 1.92. The van der Waals surface area contributed by atoms with Crippen LogP contribution in [0.25, 0.3) is 0 Å². The fourth-order valence-electron chi connectivity index (χ4n) is 0.942. The Morgan fingerprint density at radius 2 is 2.25 bits per heavy atom. The molecule has 3 heteroatoms. The summed E-state index contributed by atoms with van der Waals surface area (Å²) in [7, 11) is 2.11. The topological polar surface area (TPSA) is 29.3 Å². The maximum absolute atomic E-state index is 5.46. The van der Waals surface area contributed by atoms with E-state index >= 15 is 0 Å². The summed E-state index contributed by atoms with van der Waals surface area (Å²) in [6.45, 7) is 7.61. The zero-order chi connectivity index (χ0) is 9.56. The van der Waals surface area contributed by atoms with E-state index < -0.39 is 0 Å². The first-order valence-electron chi connectivity index (χ1n) is 4.17. The molecule has 72 valence electrons. The SMILES string of the molecule is C=C(CN)CN(C)C(C)CSC. The van der Waals surface area contributed by atoms with Gasteiger partial charge in [0.2, 0.25) is 0 Å². The van der Waals surface area contributed by atoms with Crippen molar-refractivity contribution >= 4 is 11.8 Å². The third kappa shape index (κ3) is 4.80. The van der Waals surface area contributed by atoms with Gasteiger partial charge in [0.1, 0.15) is 0 Å². The molecule has 0 amide bonds. The van der Waals surface area contributed by atoms with Crippen LogP contribution in [0.2, 0.25) is 0 Å². The number of rotatable bonds is 6. The van der Waals surface area contributed by atoms with Gasteiger partial charge in [-0.15, -0.1) is 0 Å². The Morgan fingerprint density at radius 1 is 1.67 bits per heavy atom. The highest BCUT2D eigenvalue weighted by Crippen LogP contribution is 2.04. The zero-order valence-electron chi connectivity index (χ0n) is 8.34. The maximum atomic E-state index is 5.46. The molecule has 0 aromatic heterocycles. The zero-order valence-corrected chi connectivity index (χ0v) is 9.16. The highest BCUT2D eigenvalue weighted by Gasteiger charge is 2.08. The molecule has 0 heterocycles. The van der Waals surface area contributed by atoms with Gasteiger partial charge in [0.05, 0.1) is 0 Å². The van der Waals surface area contributed by atoms with Crippen LogP contribution in [0.15, 0.2) is 12.2 Å². The summed E-state index contributed by atoms with van der Waals surface area (Å²) >= 11 is 1.87. The minimum atomic E-state index is 0.594. The van der Waals surface area contributed by atoms with Gasteiger partial charge in [0.25, 0.3) is 0 Å². The molecule has 0 fully saturated rings. The normalized spacial score (nSPS) is 13.4. The maximum Gasteiger partial charge on any atom is 0.0202 e. The molecule has 0 bridgehead atoms. The van der Waals surface area contributed by atoms with Crippen LogP contribution in [-0.2, 0) is 0 Å². The van der Waals surface area contributed by atoms with Gasteiger partial charge in [-0.25, -0.2) is 0 Å². The molecular weight excluding hydrogens is 168 g/mol. The summed E-state index contributed by atoms with van der Waals surface area (Å²) < 4.78 is 0. The lowest BCUT2D eigenvalue weighted by Gasteiger charge is -2.24. The van der Waals surface area contributed by atoms with Crippen LogP contribution in [0.5, 0.6) is 0 Å². The van der Waals surface area contributed by atoms with Crippen molar-refractivity contribution in [2.45, 2.75) is 13.0 Å². The van der Waals surface area contributed by atoms with Gasteiger partial charge in [0.15, 0.2) is 0 Å². The van der Waals surface area contributed by atoms with Crippen molar-refractivity contribution < 1.29 is 0 Å². The summed E-state index contributed by atoms with van der Waals surface area (Å²) in [6, 6.07) is 0.600. The van der Waals surface area contributed by atoms with E-state index in [1.54, 1.807) is 0 Å². The second-order valence-electron chi connectivity index (χ2n) is 3.17. The van der Waals surface area contributed by atoms with Crippen molar-refractivity contribution in [2.75, 3.05) is 32.1 Å². The van der Waals surface area contributed by atoms with E-state index in [2.05, 4.69) is 31.7 Å². The highest BCUT2D eigenvalue weighted by atomic mass is 32.2. The van der Waals surface area contributed by atoms with Gasteiger partial charge >= 0.3 is 0 Å². The van der Waals surface area contributed by atoms with E-state index in [9.17, 15) is 0 Å². The predicted octanol–water partition coefficient (Wildman–Crippen LogP) is 1.18. The molecule has 0 spiro atoms. The molecule has 0 aliphatic carbocycles.